The van der Waals surface area contributed by atoms with E-state index in [1.54, 1.807) is 6.92 Å². The second kappa shape index (κ2) is 11.5. The molecule has 3 amide bonds. The van der Waals surface area contributed by atoms with Crippen LogP contribution in [-0.4, -0.2) is 54.7 Å². The van der Waals surface area contributed by atoms with Crippen LogP contribution in [0.1, 0.15) is 30.4 Å². The maximum Gasteiger partial charge on any atom is 0.407 e. The summed E-state index contributed by atoms with van der Waals surface area (Å²) in [6, 6.07) is 14.8. The highest BCUT2D eigenvalue weighted by molar-refractivity contribution is 5.90. The molecule has 0 heterocycles. The number of aliphatic carboxylic acids is 1. The van der Waals surface area contributed by atoms with Gasteiger partial charge in [0, 0.05) is 12.3 Å². The van der Waals surface area contributed by atoms with Gasteiger partial charge >= 0.3 is 12.1 Å². The number of carboxylic acid groups (broad SMARTS) is 1. The summed E-state index contributed by atoms with van der Waals surface area (Å²) in [6.07, 6.45) is -0.765. The van der Waals surface area contributed by atoms with Crippen LogP contribution in [0.15, 0.2) is 48.5 Å². The van der Waals surface area contributed by atoms with E-state index in [1.807, 2.05) is 48.5 Å². The molecule has 1 aliphatic carbocycles. The van der Waals surface area contributed by atoms with Gasteiger partial charge in [0.25, 0.3) is 0 Å². The van der Waals surface area contributed by atoms with Crippen molar-refractivity contribution in [3.63, 3.8) is 0 Å². The molecule has 34 heavy (non-hydrogen) atoms. The lowest BCUT2D eigenvalue weighted by Crippen LogP contribution is -2.49. The summed E-state index contributed by atoms with van der Waals surface area (Å²) in [4.78, 5) is 47.1. The van der Waals surface area contributed by atoms with E-state index in [1.165, 1.54) is 0 Å². The molecule has 2 aromatic carbocycles. The molecule has 0 spiro atoms. The van der Waals surface area contributed by atoms with E-state index in [0.717, 1.165) is 22.3 Å². The standard InChI is InChI=1S/C25H25N3O6/c1-2-3-12-21(24(32)27-13-22(29)26-14-23(30)31)28-25(33)34-15-20-18-10-6-4-8-16(18)17-9-5-7-11-19(17)20/h4-11,20-21H,12-15H2,1H3,(H,26,29)(H,27,32)(H,28,33)(H,30,31). The van der Waals surface area contributed by atoms with Crippen LogP contribution in [-0.2, 0) is 19.1 Å². The molecule has 4 N–H and O–H groups in total. The van der Waals surface area contributed by atoms with Crippen LogP contribution in [0.2, 0.25) is 0 Å². The summed E-state index contributed by atoms with van der Waals surface area (Å²) in [6.45, 7) is 0.693. The predicted octanol–water partition coefficient (Wildman–Crippen LogP) is 1.62. The molecule has 3 rings (SSSR count). The van der Waals surface area contributed by atoms with Crippen molar-refractivity contribution < 1.29 is 29.0 Å². The number of benzene rings is 2. The molecule has 176 valence electrons. The average Bonchev–Trinajstić information content (AvgIpc) is 3.16. The third kappa shape index (κ3) is 6.13. The highest BCUT2D eigenvalue weighted by Gasteiger charge is 2.29. The third-order valence-electron chi connectivity index (χ3n) is 5.30. The van der Waals surface area contributed by atoms with E-state index in [-0.39, 0.29) is 18.9 Å². The SMILES string of the molecule is CC#CCC(NC(=O)OCC1c2ccccc2-c2ccccc21)C(=O)NCC(=O)NCC(=O)O. The molecule has 0 fully saturated rings. The molecule has 0 aromatic heterocycles. The van der Waals surface area contributed by atoms with E-state index in [2.05, 4.69) is 27.8 Å². The number of fused-ring (bicyclic) bond motifs is 3. The average molecular weight is 463 g/mol. The number of nitrogens with one attached hydrogen (secondary N) is 3. The fraction of sp³-hybridized carbons (Fsp3) is 0.280. The molecular weight excluding hydrogens is 438 g/mol. The number of rotatable bonds is 9. The van der Waals surface area contributed by atoms with E-state index >= 15 is 0 Å². The van der Waals surface area contributed by atoms with Gasteiger partial charge in [-0.15, -0.1) is 11.8 Å². The van der Waals surface area contributed by atoms with Gasteiger partial charge in [-0.3, -0.25) is 14.4 Å². The zero-order chi connectivity index (χ0) is 24.5. The summed E-state index contributed by atoms with van der Waals surface area (Å²) in [7, 11) is 0. The summed E-state index contributed by atoms with van der Waals surface area (Å²) in [5.74, 6) is 2.75. The number of ether oxygens (including phenoxy) is 1. The fourth-order valence-electron chi connectivity index (χ4n) is 3.72. The molecule has 0 radical (unpaired) electrons. The Balaban J connectivity index is 1.59. The van der Waals surface area contributed by atoms with Crippen molar-refractivity contribution in [3.05, 3.63) is 59.7 Å². The Bertz CT molecular complexity index is 1110. The lowest BCUT2D eigenvalue weighted by molar-refractivity contribution is -0.137. The Morgan fingerprint density at radius 1 is 0.971 bits per heavy atom. The maximum atomic E-state index is 12.5. The van der Waals surface area contributed by atoms with Crippen LogP contribution in [0.25, 0.3) is 11.1 Å². The van der Waals surface area contributed by atoms with Gasteiger partial charge in [0.15, 0.2) is 0 Å². The number of carbonyl (C=O) groups excluding carboxylic acids is 3. The molecular formula is C25H25N3O6. The molecule has 0 saturated heterocycles. The summed E-state index contributed by atoms with van der Waals surface area (Å²) >= 11 is 0. The maximum absolute atomic E-state index is 12.5. The van der Waals surface area contributed by atoms with Crippen LogP contribution >= 0.6 is 0 Å². The minimum Gasteiger partial charge on any atom is -0.480 e. The van der Waals surface area contributed by atoms with Crippen molar-refractivity contribution in [2.24, 2.45) is 0 Å². The molecule has 9 heteroatoms. The summed E-state index contributed by atoms with van der Waals surface area (Å²) < 4.78 is 5.47. The number of hydrogen-bond donors (Lipinski definition) is 4. The van der Waals surface area contributed by atoms with Crippen molar-refractivity contribution in [1.29, 1.82) is 0 Å². The van der Waals surface area contributed by atoms with Crippen molar-refractivity contribution in [3.8, 4) is 23.0 Å². The van der Waals surface area contributed by atoms with Crippen LogP contribution in [0.3, 0.4) is 0 Å². The lowest BCUT2D eigenvalue weighted by Gasteiger charge is -2.18. The second-order valence-electron chi connectivity index (χ2n) is 7.54. The van der Waals surface area contributed by atoms with Gasteiger partial charge in [-0.25, -0.2) is 4.79 Å². The number of alkyl carbamates (subject to hydrolysis) is 1. The molecule has 2 aromatic rings. The van der Waals surface area contributed by atoms with Gasteiger partial charge in [0.05, 0.1) is 6.54 Å². The Morgan fingerprint density at radius 2 is 1.59 bits per heavy atom. The van der Waals surface area contributed by atoms with E-state index in [9.17, 15) is 19.2 Å². The van der Waals surface area contributed by atoms with E-state index in [0.29, 0.717) is 0 Å². The molecule has 9 nitrogen and oxygen atoms in total. The normalized spacial score (nSPS) is 12.3. The molecule has 0 bridgehead atoms. The highest BCUT2D eigenvalue weighted by atomic mass is 16.5. The zero-order valence-corrected chi connectivity index (χ0v) is 18.6. The molecule has 1 atom stereocenters. The molecule has 0 aliphatic heterocycles. The lowest BCUT2D eigenvalue weighted by atomic mass is 9.98. The molecule has 1 aliphatic rings. The zero-order valence-electron chi connectivity index (χ0n) is 18.6. The Morgan fingerprint density at radius 3 is 2.18 bits per heavy atom. The fourth-order valence-corrected chi connectivity index (χ4v) is 3.72. The first-order valence-electron chi connectivity index (χ1n) is 10.7. The third-order valence-corrected chi connectivity index (χ3v) is 5.30. The Labute approximate surface area is 196 Å². The van der Waals surface area contributed by atoms with Crippen LogP contribution in [0.4, 0.5) is 4.79 Å². The van der Waals surface area contributed by atoms with E-state index in [4.69, 9.17) is 9.84 Å². The largest absolute Gasteiger partial charge is 0.480 e. The smallest absolute Gasteiger partial charge is 0.407 e. The number of amides is 3. The van der Waals surface area contributed by atoms with Crippen LogP contribution in [0.5, 0.6) is 0 Å². The molecule has 1 unspecified atom stereocenters. The number of carboxylic acids is 1. The van der Waals surface area contributed by atoms with E-state index < -0.39 is 43.0 Å². The quantitative estimate of drug-likeness (QED) is 0.418. The Hall–Kier alpha value is -4.32. The van der Waals surface area contributed by atoms with Crippen LogP contribution in [0, 0.1) is 11.8 Å². The van der Waals surface area contributed by atoms with Crippen molar-refractivity contribution >= 4 is 23.9 Å². The topological polar surface area (TPSA) is 134 Å². The van der Waals surface area contributed by atoms with Crippen molar-refractivity contribution in [2.75, 3.05) is 19.7 Å². The highest BCUT2D eigenvalue weighted by Crippen LogP contribution is 2.44. The minimum absolute atomic E-state index is 0.0171. The van der Waals surface area contributed by atoms with Gasteiger partial charge in [-0.2, -0.15) is 0 Å². The van der Waals surface area contributed by atoms with Crippen molar-refractivity contribution in [1.82, 2.24) is 16.0 Å². The first kappa shape index (κ1) is 24.3. The Kier molecular flexibility index (Phi) is 8.24. The van der Waals surface area contributed by atoms with Gasteiger partial charge in [0.2, 0.25) is 11.8 Å². The van der Waals surface area contributed by atoms with Gasteiger partial charge in [-0.1, -0.05) is 48.5 Å². The van der Waals surface area contributed by atoms with Crippen LogP contribution < -0.4 is 16.0 Å². The molecule has 0 saturated carbocycles. The first-order valence-corrected chi connectivity index (χ1v) is 10.7. The minimum atomic E-state index is -1.20. The van der Waals surface area contributed by atoms with Gasteiger partial charge < -0.3 is 25.8 Å². The predicted molar refractivity (Wildman–Crippen MR) is 124 cm³/mol. The summed E-state index contributed by atoms with van der Waals surface area (Å²) in [5.41, 5.74) is 4.33. The second-order valence-corrected chi connectivity index (χ2v) is 7.54. The monoisotopic (exact) mass is 463 g/mol. The number of hydrogen-bond acceptors (Lipinski definition) is 5. The van der Waals surface area contributed by atoms with Gasteiger partial charge in [0.1, 0.15) is 19.2 Å². The van der Waals surface area contributed by atoms with Gasteiger partial charge in [-0.05, 0) is 29.2 Å². The van der Waals surface area contributed by atoms with Crippen molar-refractivity contribution in [2.45, 2.75) is 25.3 Å². The number of carbonyl (C=O) groups is 4. The summed E-state index contributed by atoms with van der Waals surface area (Å²) in [5, 5.41) is 15.6. The first-order chi connectivity index (χ1) is 16.4.